The second-order valence-corrected chi connectivity index (χ2v) is 7.00. The average Bonchev–Trinajstić information content (AvgIpc) is 2.60. The first-order valence-corrected chi connectivity index (χ1v) is 8.72. The van der Waals surface area contributed by atoms with Gasteiger partial charge in [-0.05, 0) is 51.7 Å². The minimum Gasteiger partial charge on any atom is -0.396 e. The highest BCUT2D eigenvalue weighted by Crippen LogP contribution is 2.30. The quantitative estimate of drug-likeness (QED) is 0.839. The van der Waals surface area contributed by atoms with E-state index in [4.69, 9.17) is 5.11 Å². The normalized spacial score (nSPS) is 22.0. The lowest BCUT2D eigenvalue weighted by Gasteiger charge is -2.40. The number of aliphatic hydroxyl groups excluding tert-OH is 1. The molecule has 1 aromatic carbocycles. The zero-order valence-electron chi connectivity index (χ0n) is 14.6. The second kappa shape index (κ2) is 8.29. The Labute approximate surface area is 144 Å². The first-order chi connectivity index (χ1) is 11.5. The van der Waals surface area contributed by atoms with Gasteiger partial charge in [0.05, 0.1) is 5.41 Å². The Bertz CT molecular complexity index is 561. The molecule has 0 bridgehead atoms. The maximum atomic E-state index is 12.7. The van der Waals surface area contributed by atoms with Crippen molar-refractivity contribution in [2.24, 2.45) is 5.41 Å². The summed E-state index contributed by atoms with van der Waals surface area (Å²) in [6.45, 7) is 5.16. The average molecular weight is 332 g/mol. The molecule has 1 heterocycles. The molecule has 2 unspecified atom stereocenters. The summed E-state index contributed by atoms with van der Waals surface area (Å²) in [5.41, 5.74) is 0.106. The highest BCUT2D eigenvalue weighted by Gasteiger charge is 2.39. The van der Waals surface area contributed by atoms with E-state index in [2.05, 4.69) is 5.32 Å². The number of aliphatic hydroxyl groups is 1. The van der Waals surface area contributed by atoms with E-state index < -0.39 is 5.41 Å². The zero-order valence-corrected chi connectivity index (χ0v) is 14.6. The monoisotopic (exact) mass is 332 g/mol. The first kappa shape index (κ1) is 18.5. The maximum absolute atomic E-state index is 12.7. The molecule has 24 heavy (non-hydrogen) atoms. The number of likely N-dealkylation sites (tertiary alicyclic amines) is 1. The Kier molecular flexibility index (Phi) is 6.37. The highest BCUT2D eigenvalue weighted by atomic mass is 16.3. The maximum Gasteiger partial charge on any atom is 0.253 e. The predicted octanol–water partition coefficient (Wildman–Crippen LogP) is 2.21. The molecule has 1 aliphatic rings. The minimum atomic E-state index is -0.559. The van der Waals surface area contributed by atoms with Gasteiger partial charge >= 0.3 is 0 Å². The fraction of sp³-hybridized carbons (Fsp3) is 0.579. The Morgan fingerprint density at radius 3 is 2.71 bits per heavy atom. The molecule has 2 amide bonds. The fourth-order valence-electron chi connectivity index (χ4n) is 3.23. The molecule has 2 N–H and O–H groups in total. The third-order valence-electron chi connectivity index (χ3n) is 4.73. The number of carbonyl (C=O) groups is 2. The van der Waals surface area contributed by atoms with Crippen LogP contribution >= 0.6 is 0 Å². The zero-order chi connectivity index (χ0) is 17.6. The topological polar surface area (TPSA) is 69.6 Å². The van der Waals surface area contributed by atoms with E-state index in [1.54, 1.807) is 4.90 Å². The molecular formula is C19H28N2O3. The van der Waals surface area contributed by atoms with Gasteiger partial charge in [0.1, 0.15) is 0 Å². The van der Waals surface area contributed by atoms with Crippen LogP contribution in [0.3, 0.4) is 0 Å². The van der Waals surface area contributed by atoms with Crippen molar-refractivity contribution in [2.45, 2.75) is 45.6 Å². The van der Waals surface area contributed by atoms with E-state index in [1.807, 2.05) is 44.2 Å². The molecule has 2 atom stereocenters. The largest absolute Gasteiger partial charge is 0.396 e. The molecule has 1 fully saturated rings. The van der Waals surface area contributed by atoms with Crippen LogP contribution < -0.4 is 5.32 Å². The molecule has 1 saturated heterocycles. The van der Waals surface area contributed by atoms with Crippen LogP contribution in [0.1, 0.15) is 49.9 Å². The first-order valence-electron chi connectivity index (χ1n) is 8.72. The summed E-state index contributed by atoms with van der Waals surface area (Å²) in [7, 11) is 0. The Balaban J connectivity index is 2.00. The van der Waals surface area contributed by atoms with Gasteiger partial charge in [-0.1, -0.05) is 18.2 Å². The van der Waals surface area contributed by atoms with Gasteiger partial charge in [-0.15, -0.1) is 0 Å². The van der Waals surface area contributed by atoms with Crippen molar-refractivity contribution in [3.05, 3.63) is 35.9 Å². The Hall–Kier alpha value is -1.88. The highest BCUT2D eigenvalue weighted by molar-refractivity contribution is 5.95. The third kappa shape index (κ3) is 4.57. The van der Waals surface area contributed by atoms with Gasteiger partial charge < -0.3 is 15.3 Å². The molecule has 5 heteroatoms. The van der Waals surface area contributed by atoms with Crippen molar-refractivity contribution in [3.63, 3.8) is 0 Å². The van der Waals surface area contributed by atoms with Crippen molar-refractivity contribution >= 4 is 11.8 Å². The summed E-state index contributed by atoms with van der Waals surface area (Å²) in [5.74, 6) is -0.0128. The molecule has 1 aromatic rings. The Morgan fingerprint density at radius 2 is 2.04 bits per heavy atom. The van der Waals surface area contributed by atoms with Crippen LogP contribution in [0.15, 0.2) is 30.3 Å². The number of carbonyl (C=O) groups excluding carboxylic acids is 2. The number of amides is 2. The summed E-state index contributed by atoms with van der Waals surface area (Å²) < 4.78 is 0. The summed E-state index contributed by atoms with van der Waals surface area (Å²) >= 11 is 0. The van der Waals surface area contributed by atoms with Gasteiger partial charge in [0, 0.05) is 31.3 Å². The summed E-state index contributed by atoms with van der Waals surface area (Å²) in [6, 6.07) is 9.24. The minimum absolute atomic E-state index is 0.00139. The molecule has 5 nitrogen and oxygen atoms in total. The summed E-state index contributed by atoms with van der Waals surface area (Å²) in [4.78, 5) is 27.1. The third-order valence-corrected chi connectivity index (χ3v) is 4.73. The summed E-state index contributed by atoms with van der Waals surface area (Å²) in [5, 5.41) is 11.9. The van der Waals surface area contributed by atoms with Crippen LogP contribution in [0.5, 0.6) is 0 Å². The lowest BCUT2D eigenvalue weighted by Crippen LogP contribution is -2.53. The van der Waals surface area contributed by atoms with Crippen molar-refractivity contribution < 1.29 is 14.7 Å². The molecule has 0 saturated carbocycles. The van der Waals surface area contributed by atoms with Crippen LogP contribution in [-0.2, 0) is 4.79 Å². The van der Waals surface area contributed by atoms with Gasteiger partial charge in [0.2, 0.25) is 5.91 Å². The van der Waals surface area contributed by atoms with Gasteiger partial charge in [0.25, 0.3) is 5.91 Å². The number of piperidine rings is 1. The van der Waals surface area contributed by atoms with Crippen LogP contribution in [0.2, 0.25) is 0 Å². The van der Waals surface area contributed by atoms with Crippen molar-refractivity contribution in [1.29, 1.82) is 0 Å². The smallest absolute Gasteiger partial charge is 0.253 e. The van der Waals surface area contributed by atoms with E-state index in [0.29, 0.717) is 25.1 Å². The predicted molar refractivity (Wildman–Crippen MR) is 93.6 cm³/mol. The number of nitrogens with zero attached hydrogens (tertiary/aromatic N) is 1. The van der Waals surface area contributed by atoms with E-state index >= 15 is 0 Å². The van der Waals surface area contributed by atoms with Crippen LogP contribution in [0.4, 0.5) is 0 Å². The molecule has 2 rings (SSSR count). The Morgan fingerprint density at radius 1 is 1.33 bits per heavy atom. The fourth-order valence-corrected chi connectivity index (χ4v) is 3.23. The number of benzene rings is 1. The summed E-state index contributed by atoms with van der Waals surface area (Å²) in [6.07, 6.45) is 3.04. The van der Waals surface area contributed by atoms with Gasteiger partial charge in [-0.25, -0.2) is 0 Å². The van der Waals surface area contributed by atoms with Crippen LogP contribution in [-0.4, -0.2) is 47.6 Å². The van der Waals surface area contributed by atoms with E-state index in [0.717, 1.165) is 19.3 Å². The lowest BCUT2D eigenvalue weighted by atomic mass is 9.80. The standard InChI is InChI=1S/C19H28N2O3/c1-15(8-6-13-22)20-18(24)19(2)11-7-12-21(14-19)17(23)16-9-4-3-5-10-16/h3-5,9-10,15,22H,6-8,11-14H2,1-2H3,(H,20,24). The number of hydrogen-bond donors (Lipinski definition) is 2. The molecule has 1 aliphatic heterocycles. The van der Waals surface area contributed by atoms with Gasteiger partial charge in [-0.3, -0.25) is 9.59 Å². The molecular weight excluding hydrogens is 304 g/mol. The van der Waals surface area contributed by atoms with Crippen molar-refractivity contribution in [1.82, 2.24) is 10.2 Å². The number of hydrogen-bond acceptors (Lipinski definition) is 3. The number of rotatable bonds is 6. The van der Waals surface area contributed by atoms with Crippen LogP contribution in [0.25, 0.3) is 0 Å². The molecule has 0 spiro atoms. The molecule has 132 valence electrons. The van der Waals surface area contributed by atoms with Crippen molar-refractivity contribution in [2.75, 3.05) is 19.7 Å². The van der Waals surface area contributed by atoms with Crippen molar-refractivity contribution in [3.8, 4) is 0 Å². The molecule has 0 aromatic heterocycles. The number of nitrogens with one attached hydrogen (secondary N) is 1. The molecule has 0 aliphatic carbocycles. The SMILES string of the molecule is CC(CCCO)NC(=O)C1(C)CCCN(C(=O)c2ccccc2)C1. The van der Waals surface area contributed by atoms with E-state index in [1.165, 1.54) is 0 Å². The van der Waals surface area contributed by atoms with Gasteiger partial charge in [-0.2, -0.15) is 0 Å². The van der Waals surface area contributed by atoms with E-state index in [-0.39, 0.29) is 24.5 Å². The van der Waals surface area contributed by atoms with Crippen LogP contribution in [0, 0.1) is 5.41 Å². The second-order valence-electron chi connectivity index (χ2n) is 7.00. The molecule has 0 radical (unpaired) electrons. The van der Waals surface area contributed by atoms with Gasteiger partial charge in [0.15, 0.2) is 0 Å². The lowest BCUT2D eigenvalue weighted by molar-refractivity contribution is -0.133. The van der Waals surface area contributed by atoms with E-state index in [9.17, 15) is 9.59 Å².